The highest BCUT2D eigenvalue weighted by molar-refractivity contribution is 7.91. The third-order valence-electron chi connectivity index (χ3n) is 2.78. The van der Waals surface area contributed by atoms with Crippen LogP contribution in [0.25, 0.3) is 0 Å². The Morgan fingerprint density at radius 2 is 1.65 bits per heavy atom. The predicted octanol–water partition coefficient (Wildman–Crippen LogP) is 2.77. The van der Waals surface area contributed by atoms with E-state index in [1.165, 1.54) is 0 Å². The Kier molecular flexibility index (Phi) is 4.76. The van der Waals surface area contributed by atoms with Crippen molar-refractivity contribution in [2.75, 3.05) is 11.8 Å². The Hall–Kier alpha value is -1.85. The minimum Gasteiger partial charge on any atom is -0.380 e. The van der Waals surface area contributed by atoms with E-state index in [1.807, 2.05) is 30.3 Å². The SMILES string of the molecule is COCc1ccccc1NS(=O)(=O)Cc1ccccc1. The molecule has 0 atom stereocenters. The zero-order valence-corrected chi connectivity index (χ0v) is 12.1. The first-order chi connectivity index (χ1) is 9.61. The summed E-state index contributed by atoms with van der Waals surface area (Å²) in [6, 6.07) is 16.3. The van der Waals surface area contributed by atoms with Crippen LogP contribution in [0, 0.1) is 0 Å². The van der Waals surface area contributed by atoms with Crippen LogP contribution in [0.2, 0.25) is 0 Å². The number of para-hydroxylation sites is 1. The van der Waals surface area contributed by atoms with Crippen LogP contribution >= 0.6 is 0 Å². The van der Waals surface area contributed by atoms with Gasteiger partial charge in [-0.25, -0.2) is 8.42 Å². The number of anilines is 1. The van der Waals surface area contributed by atoms with Gasteiger partial charge in [-0.05, 0) is 11.6 Å². The number of hydrogen-bond acceptors (Lipinski definition) is 3. The maximum atomic E-state index is 12.2. The van der Waals surface area contributed by atoms with E-state index < -0.39 is 10.0 Å². The zero-order chi connectivity index (χ0) is 14.4. The molecule has 2 aromatic rings. The van der Waals surface area contributed by atoms with Crippen molar-refractivity contribution in [2.24, 2.45) is 0 Å². The first-order valence-corrected chi connectivity index (χ1v) is 7.87. The van der Waals surface area contributed by atoms with Gasteiger partial charge < -0.3 is 4.74 Å². The molecule has 0 bridgehead atoms. The summed E-state index contributed by atoms with van der Waals surface area (Å²) in [5.74, 6) is -0.0465. The second kappa shape index (κ2) is 6.54. The highest BCUT2D eigenvalue weighted by atomic mass is 32.2. The monoisotopic (exact) mass is 291 g/mol. The molecular formula is C15H17NO3S. The van der Waals surface area contributed by atoms with Gasteiger partial charge in [-0.1, -0.05) is 48.5 Å². The fourth-order valence-corrected chi connectivity index (χ4v) is 3.14. The molecule has 0 spiro atoms. The van der Waals surface area contributed by atoms with Gasteiger partial charge in [-0.15, -0.1) is 0 Å². The maximum absolute atomic E-state index is 12.2. The molecule has 0 saturated heterocycles. The van der Waals surface area contributed by atoms with Crippen molar-refractivity contribution in [1.29, 1.82) is 0 Å². The molecule has 0 heterocycles. The standard InChI is InChI=1S/C15H17NO3S/c1-19-11-14-9-5-6-10-15(14)16-20(17,18)12-13-7-3-2-4-8-13/h2-10,16H,11-12H2,1H3. The molecule has 2 rings (SSSR count). The van der Waals surface area contributed by atoms with Crippen LogP contribution in [0.4, 0.5) is 5.69 Å². The Morgan fingerprint density at radius 3 is 2.35 bits per heavy atom. The van der Waals surface area contributed by atoms with Crippen molar-refractivity contribution in [2.45, 2.75) is 12.4 Å². The van der Waals surface area contributed by atoms with E-state index in [9.17, 15) is 8.42 Å². The van der Waals surface area contributed by atoms with Crippen molar-refractivity contribution in [1.82, 2.24) is 0 Å². The summed E-state index contributed by atoms with van der Waals surface area (Å²) in [5, 5.41) is 0. The topological polar surface area (TPSA) is 55.4 Å². The number of benzene rings is 2. The second-order valence-corrected chi connectivity index (χ2v) is 6.16. The molecule has 2 aromatic carbocycles. The largest absolute Gasteiger partial charge is 0.380 e. The average molecular weight is 291 g/mol. The quantitative estimate of drug-likeness (QED) is 0.890. The summed E-state index contributed by atoms with van der Waals surface area (Å²) in [4.78, 5) is 0. The molecule has 0 amide bonds. The molecule has 0 unspecified atom stereocenters. The number of methoxy groups -OCH3 is 1. The van der Waals surface area contributed by atoms with Gasteiger partial charge in [0.1, 0.15) is 0 Å². The van der Waals surface area contributed by atoms with Gasteiger partial charge in [-0.2, -0.15) is 0 Å². The van der Waals surface area contributed by atoms with E-state index >= 15 is 0 Å². The predicted molar refractivity (Wildman–Crippen MR) is 79.8 cm³/mol. The minimum absolute atomic E-state index is 0.0465. The summed E-state index contributed by atoms with van der Waals surface area (Å²) in [5.41, 5.74) is 2.13. The van der Waals surface area contributed by atoms with Gasteiger partial charge in [0.2, 0.25) is 10.0 Å². The third-order valence-corrected chi connectivity index (χ3v) is 4.03. The van der Waals surface area contributed by atoms with Crippen LogP contribution in [0.15, 0.2) is 54.6 Å². The molecule has 5 heteroatoms. The molecule has 106 valence electrons. The third kappa shape index (κ3) is 4.08. The first kappa shape index (κ1) is 14.6. The minimum atomic E-state index is -3.43. The summed E-state index contributed by atoms with van der Waals surface area (Å²) < 4.78 is 32.0. The number of ether oxygens (including phenoxy) is 1. The summed E-state index contributed by atoms with van der Waals surface area (Å²) in [6.07, 6.45) is 0. The molecule has 4 nitrogen and oxygen atoms in total. The molecule has 0 aliphatic carbocycles. The summed E-state index contributed by atoms with van der Waals surface area (Å²) in [7, 11) is -1.86. The summed E-state index contributed by atoms with van der Waals surface area (Å²) in [6.45, 7) is 0.365. The lowest BCUT2D eigenvalue weighted by Crippen LogP contribution is -2.16. The van der Waals surface area contributed by atoms with Crippen LogP contribution in [0.1, 0.15) is 11.1 Å². The molecule has 0 aliphatic rings. The van der Waals surface area contributed by atoms with Crippen molar-refractivity contribution >= 4 is 15.7 Å². The molecule has 1 N–H and O–H groups in total. The van der Waals surface area contributed by atoms with Gasteiger partial charge in [0.15, 0.2) is 0 Å². The molecule has 20 heavy (non-hydrogen) atoms. The van der Waals surface area contributed by atoms with Crippen LogP contribution in [-0.4, -0.2) is 15.5 Å². The Morgan fingerprint density at radius 1 is 1.00 bits per heavy atom. The van der Waals surface area contributed by atoms with Gasteiger partial charge in [0.25, 0.3) is 0 Å². The molecule has 0 fully saturated rings. The number of nitrogens with one attached hydrogen (secondary N) is 1. The van der Waals surface area contributed by atoms with Crippen molar-refractivity contribution in [3.8, 4) is 0 Å². The number of rotatable bonds is 6. The van der Waals surface area contributed by atoms with Crippen molar-refractivity contribution in [3.63, 3.8) is 0 Å². The van der Waals surface area contributed by atoms with Crippen LogP contribution < -0.4 is 4.72 Å². The first-order valence-electron chi connectivity index (χ1n) is 6.22. The van der Waals surface area contributed by atoms with Crippen LogP contribution in [0.3, 0.4) is 0 Å². The zero-order valence-electron chi connectivity index (χ0n) is 11.2. The van der Waals surface area contributed by atoms with Crippen molar-refractivity contribution < 1.29 is 13.2 Å². The highest BCUT2D eigenvalue weighted by Crippen LogP contribution is 2.18. The van der Waals surface area contributed by atoms with Crippen LogP contribution in [-0.2, 0) is 27.1 Å². The number of hydrogen-bond donors (Lipinski definition) is 1. The number of sulfonamides is 1. The molecule has 0 aliphatic heterocycles. The normalized spacial score (nSPS) is 11.2. The summed E-state index contributed by atoms with van der Waals surface area (Å²) >= 11 is 0. The van der Waals surface area contributed by atoms with E-state index in [0.29, 0.717) is 12.3 Å². The van der Waals surface area contributed by atoms with Crippen molar-refractivity contribution in [3.05, 3.63) is 65.7 Å². The highest BCUT2D eigenvalue weighted by Gasteiger charge is 2.13. The van der Waals surface area contributed by atoms with E-state index in [-0.39, 0.29) is 5.75 Å². The lowest BCUT2D eigenvalue weighted by molar-refractivity contribution is 0.185. The fourth-order valence-electron chi connectivity index (χ4n) is 1.90. The molecule has 0 aromatic heterocycles. The van der Waals surface area contributed by atoms with Crippen LogP contribution in [0.5, 0.6) is 0 Å². The fraction of sp³-hybridized carbons (Fsp3) is 0.200. The van der Waals surface area contributed by atoms with Gasteiger partial charge in [0, 0.05) is 12.7 Å². The Balaban J connectivity index is 2.16. The molecular weight excluding hydrogens is 274 g/mol. The Labute approximate surface area is 119 Å². The van der Waals surface area contributed by atoms with E-state index in [0.717, 1.165) is 11.1 Å². The van der Waals surface area contributed by atoms with E-state index in [4.69, 9.17) is 4.74 Å². The smallest absolute Gasteiger partial charge is 0.236 e. The average Bonchev–Trinajstić information content (AvgIpc) is 2.41. The van der Waals surface area contributed by atoms with Gasteiger partial charge in [-0.3, -0.25) is 4.72 Å². The van der Waals surface area contributed by atoms with Gasteiger partial charge in [0.05, 0.1) is 18.0 Å². The van der Waals surface area contributed by atoms with E-state index in [2.05, 4.69) is 4.72 Å². The second-order valence-electron chi connectivity index (χ2n) is 4.44. The molecule has 0 saturated carbocycles. The lowest BCUT2D eigenvalue weighted by Gasteiger charge is -2.12. The molecule has 0 radical (unpaired) electrons. The Bertz CT molecular complexity index is 654. The van der Waals surface area contributed by atoms with Gasteiger partial charge >= 0.3 is 0 Å². The lowest BCUT2D eigenvalue weighted by atomic mass is 10.2. The van der Waals surface area contributed by atoms with E-state index in [1.54, 1.807) is 31.4 Å². The maximum Gasteiger partial charge on any atom is 0.236 e.